The molecule has 1 aliphatic carbocycles. The summed E-state index contributed by atoms with van der Waals surface area (Å²) < 4.78 is 5.15. The third-order valence-electron chi connectivity index (χ3n) is 3.82. The molecule has 1 aromatic rings. The van der Waals surface area contributed by atoms with Gasteiger partial charge in [0.05, 0.1) is 12.1 Å². The summed E-state index contributed by atoms with van der Waals surface area (Å²) in [7, 11) is 0. The van der Waals surface area contributed by atoms with E-state index in [0.717, 1.165) is 6.54 Å². The Kier molecular flexibility index (Phi) is 6.08. The van der Waals surface area contributed by atoms with Crippen molar-refractivity contribution in [1.82, 2.24) is 10.6 Å². The van der Waals surface area contributed by atoms with Gasteiger partial charge in [-0.1, -0.05) is 25.7 Å². The normalized spacial score (nSPS) is 16.9. The Labute approximate surface area is 120 Å². The van der Waals surface area contributed by atoms with Crippen molar-refractivity contribution < 1.29 is 9.21 Å². The number of carbonyl (C=O) groups is 1. The van der Waals surface area contributed by atoms with E-state index < -0.39 is 0 Å². The number of rotatable bonds is 6. The van der Waals surface area contributed by atoms with Gasteiger partial charge < -0.3 is 20.8 Å². The molecule has 5 nitrogen and oxygen atoms in total. The van der Waals surface area contributed by atoms with E-state index in [2.05, 4.69) is 10.6 Å². The molecule has 1 heterocycles. The van der Waals surface area contributed by atoms with Crippen LogP contribution in [0.2, 0.25) is 0 Å². The number of furan rings is 1. The van der Waals surface area contributed by atoms with Gasteiger partial charge in [-0.05, 0) is 18.9 Å². The molecule has 20 heavy (non-hydrogen) atoms. The SMILES string of the molecule is NCc1cc(C(=O)NCCNC2CCCCCC2)co1. The minimum Gasteiger partial charge on any atom is -0.467 e. The molecule has 0 saturated heterocycles. The first-order chi connectivity index (χ1) is 9.79. The zero-order valence-electron chi connectivity index (χ0n) is 12.0. The van der Waals surface area contributed by atoms with Crippen LogP contribution in [-0.2, 0) is 6.54 Å². The number of nitrogens with one attached hydrogen (secondary N) is 2. The van der Waals surface area contributed by atoms with Gasteiger partial charge in [0, 0.05) is 19.1 Å². The first-order valence-electron chi connectivity index (χ1n) is 7.58. The Morgan fingerprint density at radius 2 is 2.00 bits per heavy atom. The average Bonchev–Trinajstić information content (AvgIpc) is 2.80. The highest BCUT2D eigenvalue weighted by atomic mass is 16.3. The molecule has 0 aliphatic heterocycles. The fraction of sp³-hybridized carbons (Fsp3) is 0.667. The van der Waals surface area contributed by atoms with Gasteiger partial charge in [-0.3, -0.25) is 4.79 Å². The van der Waals surface area contributed by atoms with Crippen LogP contribution in [0.15, 0.2) is 16.7 Å². The number of hydrogen-bond donors (Lipinski definition) is 3. The first-order valence-corrected chi connectivity index (χ1v) is 7.58. The van der Waals surface area contributed by atoms with Crippen molar-refractivity contribution in [1.29, 1.82) is 0 Å². The molecule has 112 valence electrons. The smallest absolute Gasteiger partial charge is 0.254 e. The highest BCUT2D eigenvalue weighted by Gasteiger charge is 2.12. The molecule has 0 spiro atoms. The van der Waals surface area contributed by atoms with Gasteiger partial charge in [-0.25, -0.2) is 0 Å². The number of nitrogens with two attached hydrogens (primary N) is 1. The van der Waals surface area contributed by atoms with Crippen LogP contribution < -0.4 is 16.4 Å². The second kappa shape index (κ2) is 8.07. The molecule has 1 amide bonds. The Morgan fingerprint density at radius 3 is 2.65 bits per heavy atom. The molecule has 0 aromatic carbocycles. The summed E-state index contributed by atoms with van der Waals surface area (Å²) >= 11 is 0. The van der Waals surface area contributed by atoms with Crippen LogP contribution in [0.5, 0.6) is 0 Å². The van der Waals surface area contributed by atoms with Gasteiger partial charge >= 0.3 is 0 Å². The third kappa shape index (κ3) is 4.65. The maximum Gasteiger partial charge on any atom is 0.254 e. The summed E-state index contributed by atoms with van der Waals surface area (Å²) in [5.41, 5.74) is 5.99. The molecule has 2 rings (SSSR count). The molecular weight excluding hydrogens is 254 g/mol. The number of carbonyl (C=O) groups excluding carboxylic acids is 1. The molecule has 0 bridgehead atoms. The van der Waals surface area contributed by atoms with Crippen LogP contribution in [0, 0.1) is 0 Å². The van der Waals surface area contributed by atoms with E-state index >= 15 is 0 Å². The minimum atomic E-state index is -0.101. The Balaban J connectivity index is 1.63. The van der Waals surface area contributed by atoms with Gasteiger partial charge in [-0.15, -0.1) is 0 Å². The average molecular weight is 279 g/mol. The van der Waals surface area contributed by atoms with E-state index in [1.54, 1.807) is 6.07 Å². The predicted octanol–water partition coefficient (Wildman–Crippen LogP) is 1.78. The summed E-state index contributed by atoms with van der Waals surface area (Å²) in [5.74, 6) is 0.530. The van der Waals surface area contributed by atoms with Crippen LogP contribution in [-0.4, -0.2) is 25.0 Å². The molecule has 1 aromatic heterocycles. The lowest BCUT2D eigenvalue weighted by atomic mass is 10.1. The third-order valence-corrected chi connectivity index (χ3v) is 3.82. The van der Waals surface area contributed by atoms with E-state index in [1.807, 2.05) is 0 Å². The van der Waals surface area contributed by atoms with Gasteiger partial charge in [0.25, 0.3) is 5.91 Å². The van der Waals surface area contributed by atoms with Crippen LogP contribution in [0.1, 0.15) is 54.6 Å². The molecular formula is C15H25N3O2. The van der Waals surface area contributed by atoms with E-state index in [0.29, 0.717) is 30.5 Å². The lowest BCUT2D eigenvalue weighted by Gasteiger charge is -2.16. The molecule has 5 heteroatoms. The molecule has 0 unspecified atom stereocenters. The highest BCUT2D eigenvalue weighted by Crippen LogP contribution is 2.16. The molecule has 1 fully saturated rings. The predicted molar refractivity (Wildman–Crippen MR) is 78.4 cm³/mol. The maximum absolute atomic E-state index is 11.8. The summed E-state index contributed by atoms with van der Waals surface area (Å²) in [6, 6.07) is 2.31. The molecule has 1 saturated carbocycles. The highest BCUT2D eigenvalue weighted by molar-refractivity contribution is 5.93. The van der Waals surface area contributed by atoms with Crippen LogP contribution in [0.25, 0.3) is 0 Å². The molecule has 1 aliphatic rings. The molecule has 0 atom stereocenters. The zero-order chi connectivity index (χ0) is 14.2. The maximum atomic E-state index is 11.8. The van der Waals surface area contributed by atoms with Crippen molar-refractivity contribution in [2.24, 2.45) is 5.73 Å². The lowest BCUT2D eigenvalue weighted by molar-refractivity contribution is 0.0953. The minimum absolute atomic E-state index is 0.101. The number of hydrogen-bond acceptors (Lipinski definition) is 4. The van der Waals surface area contributed by atoms with Crippen molar-refractivity contribution in [3.05, 3.63) is 23.7 Å². The van der Waals surface area contributed by atoms with Gasteiger partial charge in [0.2, 0.25) is 0 Å². The summed E-state index contributed by atoms with van der Waals surface area (Å²) in [6.45, 7) is 1.77. The largest absolute Gasteiger partial charge is 0.467 e. The Morgan fingerprint density at radius 1 is 1.25 bits per heavy atom. The van der Waals surface area contributed by atoms with E-state index in [9.17, 15) is 4.79 Å². The quantitative estimate of drug-likeness (QED) is 0.548. The van der Waals surface area contributed by atoms with Crippen LogP contribution in [0.4, 0.5) is 0 Å². The van der Waals surface area contributed by atoms with Gasteiger partial charge in [0.1, 0.15) is 12.0 Å². The Hall–Kier alpha value is -1.33. The summed E-state index contributed by atoms with van der Waals surface area (Å²) in [4.78, 5) is 11.8. The van der Waals surface area contributed by atoms with Gasteiger partial charge in [0.15, 0.2) is 0 Å². The lowest BCUT2D eigenvalue weighted by Crippen LogP contribution is -2.36. The van der Waals surface area contributed by atoms with E-state index in [4.69, 9.17) is 10.2 Å². The monoisotopic (exact) mass is 279 g/mol. The molecule has 4 N–H and O–H groups in total. The molecule has 0 radical (unpaired) electrons. The summed E-state index contributed by atoms with van der Waals surface area (Å²) in [5, 5.41) is 6.42. The van der Waals surface area contributed by atoms with Crippen molar-refractivity contribution in [3.63, 3.8) is 0 Å². The van der Waals surface area contributed by atoms with Crippen molar-refractivity contribution in [2.75, 3.05) is 13.1 Å². The van der Waals surface area contributed by atoms with Gasteiger partial charge in [-0.2, -0.15) is 0 Å². The fourth-order valence-corrected chi connectivity index (χ4v) is 2.64. The van der Waals surface area contributed by atoms with E-state index in [-0.39, 0.29) is 5.91 Å². The second-order valence-corrected chi connectivity index (χ2v) is 5.40. The standard InChI is InChI=1S/C15H25N3O2/c16-10-14-9-12(11-20-14)15(19)18-8-7-17-13-5-3-1-2-4-6-13/h9,11,13,17H,1-8,10,16H2,(H,18,19). The van der Waals surface area contributed by atoms with Crippen molar-refractivity contribution in [3.8, 4) is 0 Å². The van der Waals surface area contributed by atoms with Crippen molar-refractivity contribution >= 4 is 5.91 Å². The van der Waals surface area contributed by atoms with Crippen LogP contribution >= 0.6 is 0 Å². The topological polar surface area (TPSA) is 80.3 Å². The summed E-state index contributed by atoms with van der Waals surface area (Å²) in [6.07, 6.45) is 9.33. The fourth-order valence-electron chi connectivity index (χ4n) is 2.64. The zero-order valence-corrected chi connectivity index (χ0v) is 12.0. The Bertz CT molecular complexity index is 409. The van der Waals surface area contributed by atoms with Crippen molar-refractivity contribution in [2.45, 2.75) is 51.1 Å². The first kappa shape index (κ1) is 15.1. The second-order valence-electron chi connectivity index (χ2n) is 5.40. The van der Waals surface area contributed by atoms with E-state index in [1.165, 1.54) is 44.8 Å². The van der Waals surface area contributed by atoms with Crippen LogP contribution in [0.3, 0.4) is 0 Å². The number of amides is 1.